The summed E-state index contributed by atoms with van der Waals surface area (Å²) in [6.45, 7) is 5.72. The summed E-state index contributed by atoms with van der Waals surface area (Å²) in [5, 5.41) is 12.2. The fraction of sp³-hybridized carbons (Fsp3) is 0.545. The van der Waals surface area contributed by atoms with Crippen LogP contribution in [0.25, 0.3) is 0 Å². The van der Waals surface area contributed by atoms with Gasteiger partial charge in [0.25, 0.3) is 0 Å². The second kappa shape index (κ2) is 6.04. The quantitative estimate of drug-likeness (QED) is 0.882. The van der Waals surface area contributed by atoms with E-state index < -0.39 is 0 Å². The molecular formula is C11H17N7OS. The van der Waals surface area contributed by atoms with E-state index in [0.717, 1.165) is 5.82 Å². The maximum atomic E-state index is 5.51. The van der Waals surface area contributed by atoms with E-state index in [1.165, 1.54) is 11.8 Å². The summed E-state index contributed by atoms with van der Waals surface area (Å²) in [4.78, 5) is 12.7. The van der Waals surface area contributed by atoms with Crippen LogP contribution in [0.5, 0.6) is 6.01 Å². The first-order chi connectivity index (χ1) is 9.49. The van der Waals surface area contributed by atoms with E-state index in [1.807, 2.05) is 32.4 Å². The molecule has 0 amide bonds. The van der Waals surface area contributed by atoms with Crippen molar-refractivity contribution in [2.45, 2.75) is 37.2 Å². The second-order valence-electron chi connectivity index (χ2n) is 4.33. The standard InChI is InChI=1S/C11H17N7OS/c1-6(2)19-9-13-8(12-4)14-10(15-9)20-11-17-16-7(3)18(11)5/h6H,1-5H3,(H,12,13,14,15). The van der Waals surface area contributed by atoms with Gasteiger partial charge in [-0.3, -0.25) is 0 Å². The molecule has 20 heavy (non-hydrogen) atoms. The van der Waals surface area contributed by atoms with Crippen molar-refractivity contribution >= 4 is 17.7 Å². The Balaban J connectivity index is 2.28. The lowest BCUT2D eigenvalue weighted by Gasteiger charge is -2.09. The minimum Gasteiger partial charge on any atom is -0.461 e. The maximum Gasteiger partial charge on any atom is 0.322 e. The zero-order valence-electron chi connectivity index (χ0n) is 12.1. The first-order valence-corrected chi connectivity index (χ1v) is 6.95. The minimum atomic E-state index is -0.00275. The van der Waals surface area contributed by atoms with Crippen molar-refractivity contribution in [2.24, 2.45) is 7.05 Å². The van der Waals surface area contributed by atoms with Gasteiger partial charge in [-0.15, -0.1) is 10.2 Å². The molecule has 0 saturated carbocycles. The van der Waals surface area contributed by atoms with Crippen molar-refractivity contribution in [3.8, 4) is 6.01 Å². The largest absolute Gasteiger partial charge is 0.461 e. The van der Waals surface area contributed by atoms with E-state index in [-0.39, 0.29) is 6.10 Å². The summed E-state index contributed by atoms with van der Waals surface area (Å²) < 4.78 is 7.38. The van der Waals surface area contributed by atoms with E-state index in [2.05, 4.69) is 30.5 Å². The van der Waals surface area contributed by atoms with Crippen LogP contribution in [0.3, 0.4) is 0 Å². The lowest BCUT2D eigenvalue weighted by Crippen LogP contribution is -2.11. The summed E-state index contributed by atoms with van der Waals surface area (Å²) >= 11 is 1.31. The molecule has 0 radical (unpaired) electrons. The van der Waals surface area contributed by atoms with Crippen LogP contribution in [0.4, 0.5) is 5.95 Å². The van der Waals surface area contributed by atoms with Crippen molar-refractivity contribution < 1.29 is 4.74 Å². The van der Waals surface area contributed by atoms with Gasteiger partial charge < -0.3 is 14.6 Å². The summed E-state index contributed by atoms with van der Waals surface area (Å²) in [6.07, 6.45) is -0.00275. The predicted octanol–water partition coefficient (Wildman–Crippen LogP) is 1.29. The molecule has 0 aliphatic rings. The Kier molecular flexibility index (Phi) is 4.38. The third kappa shape index (κ3) is 3.35. The SMILES string of the molecule is CNc1nc(OC(C)C)nc(Sc2nnc(C)n2C)n1. The predicted molar refractivity (Wildman–Crippen MR) is 75.0 cm³/mol. The molecule has 2 heterocycles. The van der Waals surface area contributed by atoms with E-state index >= 15 is 0 Å². The maximum absolute atomic E-state index is 5.51. The Labute approximate surface area is 121 Å². The van der Waals surface area contributed by atoms with E-state index in [0.29, 0.717) is 22.3 Å². The van der Waals surface area contributed by atoms with Gasteiger partial charge in [0.15, 0.2) is 5.16 Å². The van der Waals surface area contributed by atoms with Gasteiger partial charge >= 0.3 is 6.01 Å². The van der Waals surface area contributed by atoms with Gasteiger partial charge in [0.05, 0.1) is 6.10 Å². The van der Waals surface area contributed by atoms with Gasteiger partial charge in [0.2, 0.25) is 11.1 Å². The average molecular weight is 295 g/mol. The molecule has 0 bridgehead atoms. The fourth-order valence-electron chi connectivity index (χ4n) is 1.32. The molecule has 2 aromatic heterocycles. The molecule has 2 aromatic rings. The van der Waals surface area contributed by atoms with Crippen molar-refractivity contribution in [1.82, 2.24) is 29.7 Å². The number of nitrogens with zero attached hydrogens (tertiary/aromatic N) is 6. The second-order valence-corrected chi connectivity index (χ2v) is 5.27. The highest BCUT2D eigenvalue weighted by Gasteiger charge is 2.13. The number of rotatable bonds is 5. The Morgan fingerprint density at radius 3 is 2.50 bits per heavy atom. The van der Waals surface area contributed by atoms with Crippen molar-refractivity contribution in [1.29, 1.82) is 0 Å². The smallest absolute Gasteiger partial charge is 0.322 e. The Morgan fingerprint density at radius 1 is 1.20 bits per heavy atom. The molecule has 8 nitrogen and oxygen atoms in total. The summed E-state index contributed by atoms with van der Waals surface area (Å²) in [7, 11) is 3.64. The number of aromatic nitrogens is 6. The molecule has 0 aromatic carbocycles. The van der Waals surface area contributed by atoms with Crippen molar-refractivity contribution in [3.63, 3.8) is 0 Å². The number of anilines is 1. The first kappa shape index (κ1) is 14.5. The highest BCUT2D eigenvalue weighted by atomic mass is 32.2. The Morgan fingerprint density at radius 2 is 1.95 bits per heavy atom. The molecule has 0 aliphatic carbocycles. The average Bonchev–Trinajstić information content (AvgIpc) is 2.69. The van der Waals surface area contributed by atoms with Crippen LogP contribution in [0, 0.1) is 6.92 Å². The third-order valence-electron chi connectivity index (χ3n) is 2.39. The van der Waals surface area contributed by atoms with Crippen LogP contribution in [0.1, 0.15) is 19.7 Å². The number of nitrogens with one attached hydrogen (secondary N) is 1. The van der Waals surface area contributed by atoms with Crippen LogP contribution < -0.4 is 10.1 Å². The van der Waals surface area contributed by atoms with Crippen molar-refractivity contribution in [2.75, 3.05) is 12.4 Å². The zero-order chi connectivity index (χ0) is 14.7. The van der Waals surface area contributed by atoms with Crippen LogP contribution in [0.15, 0.2) is 10.3 Å². The molecule has 0 fully saturated rings. The number of hydrogen-bond donors (Lipinski definition) is 1. The molecule has 108 valence electrons. The fourth-order valence-corrected chi connectivity index (χ4v) is 2.09. The van der Waals surface area contributed by atoms with E-state index in [4.69, 9.17) is 4.74 Å². The minimum absolute atomic E-state index is 0.00275. The van der Waals surface area contributed by atoms with Gasteiger partial charge in [-0.05, 0) is 32.5 Å². The highest BCUT2D eigenvalue weighted by Crippen LogP contribution is 2.24. The van der Waals surface area contributed by atoms with Crippen LogP contribution in [-0.4, -0.2) is 42.9 Å². The summed E-state index contributed by atoms with van der Waals surface area (Å²) in [6, 6.07) is 0.292. The van der Waals surface area contributed by atoms with Gasteiger partial charge in [-0.1, -0.05) is 0 Å². The number of aryl methyl sites for hydroxylation is 1. The monoisotopic (exact) mass is 295 g/mol. The molecule has 0 unspecified atom stereocenters. The molecule has 1 N–H and O–H groups in total. The van der Waals surface area contributed by atoms with Crippen molar-refractivity contribution in [3.05, 3.63) is 5.82 Å². The normalized spacial score (nSPS) is 10.9. The van der Waals surface area contributed by atoms with Gasteiger partial charge in [-0.2, -0.15) is 15.0 Å². The van der Waals surface area contributed by atoms with Gasteiger partial charge in [-0.25, -0.2) is 0 Å². The third-order valence-corrected chi connectivity index (χ3v) is 3.30. The molecule has 0 aliphatic heterocycles. The number of hydrogen-bond acceptors (Lipinski definition) is 8. The van der Waals surface area contributed by atoms with E-state index in [1.54, 1.807) is 7.05 Å². The lowest BCUT2D eigenvalue weighted by atomic mass is 10.5. The van der Waals surface area contributed by atoms with Gasteiger partial charge in [0.1, 0.15) is 5.82 Å². The zero-order valence-corrected chi connectivity index (χ0v) is 12.9. The summed E-state index contributed by atoms with van der Waals surface area (Å²) in [5.74, 6) is 1.28. The molecule has 0 spiro atoms. The topological polar surface area (TPSA) is 90.6 Å². The molecule has 9 heteroatoms. The van der Waals surface area contributed by atoms with E-state index in [9.17, 15) is 0 Å². The number of ether oxygens (including phenoxy) is 1. The Bertz CT molecular complexity index is 598. The summed E-state index contributed by atoms with van der Waals surface area (Å²) in [5.41, 5.74) is 0. The molecule has 2 rings (SSSR count). The highest BCUT2D eigenvalue weighted by molar-refractivity contribution is 7.99. The lowest BCUT2D eigenvalue weighted by molar-refractivity contribution is 0.219. The van der Waals surface area contributed by atoms with Gasteiger partial charge in [0, 0.05) is 14.1 Å². The van der Waals surface area contributed by atoms with Crippen LogP contribution in [-0.2, 0) is 7.05 Å². The first-order valence-electron chi connectivity index (χ1n) is 6.14. The molecular weight excluding hydrogens is 278 g/mol. The van der Waals surface area contributed by atoms with Crippen LogP contribution in [0.2, 0.25) is 0 Å². The molecule has 0 atom stereocenters. The Hall–Kier alpha value is -1.90. The molecule has 0 saturated heterocycles. The van der Waals surface area contributed by atoms with Crippen LogP contribution >= 0.6 is 11.8 Å².